The van der Waals surface area contributed by atoms with Crippen LogP contribution in [0.15, 0.2) is 36.5 Å². The van der Waals surface area contributed by atoms with E-state index in [1.165, 1.54) is 37.8 Å². The van der Waals surface area contributed by atoms with Crippen molar-refractivity contribution in [3.05, 3.63) is 42.3 Å². The first-order chi connectivity index (χ1) is 12.8. The maximum atomic E-state index is 13.1. The van der Waals surface area contributed by atoms with Crippen LogP contribution >= 0.6 is 0 Å². The van der Waals surface area contributed by atoms with Gasteiger partial charge in [0.1, 0.15) is 11.6 Å². The largest absolute Gasteiger partial charge is 0.368 e. The number of aromatic nitrogens is 2. The van der Waals surface area contributed by atoms with E-state index < -0.39 is 0 Å². The van der Waals surface area contributed by atoms with Gasteiger partial charge in [-0.15, -0.1) is 0 Å². The first kappa shape index (κ1) is 17.1. The van der Waals surface area contributed by atoms with Crippen LogP contribution in [0.5, 0.6) is 0 Å². The molecular weight excluding hydrogens is 329 g/mol. The van der Waals surface area contributed by atoms with Crippen LogP contribution in [0.2, 0.25) is 0 Å². The predicted octanol–water partition coefficient (Wildman–Crippen LogP) is 3.32. The zero-order chi connectivity index (χ0) is 17.8. The average Bonchev–Trinajstić information content (AvgIpc) is 2.98. The third kappa shape index (κ3) is 3.89. The van der Waals surface area contributed by atoms with Crippen LogP contribution in [-0.4, -0.2) is 49.2 Å². The van der Waals surface area contributed by atoms with E-state index in [1.807, 2.05) is 24.4 Å². The summed E-state index contributed by atoms with van der Waals surface area (Å²) in [6.07, 6.45) is 6.95. The summed E-state index contributed by atoms with van der Waals surface area (Å²) in [5.74, 6) is 1.69. The number of nitrogens with zero attached hydrogens (tertiary/aromatic N) is 5. The monoisotopic (exact) mass is 355 g/mol. The Morgan fingerprint density at radius 2 is 1.35 bits per heavy atom. The van der Waals surface area contributed by atoms with E-state index in [2.05, 4.69) is 19.7 Å². The minimum absolute atomic E-state index is 0.186. The minimum Gasteiger partial charge on any atom is -0.368 e. The smallest absolute Gasteiger partial charge is 0.227 e. The SMILES string of the molecule is Fc1ccc(N2CCN(c3ccnc(N4CCCCCC4)n3)CC2)cc1. The van der Waals surface area contributed by atoms with Gasteiger partial charge in [0.05, 0.1) is 0 Å². The van der Waals surface area contributed by atoms with Crippen molar-refractivity contribution in [1.29, 1.82) is 0 Å². The lowest BCUT2D eigenvalue weighted by atomic mass is 10.2. The molecular formula is C20H26FN5. The molecule has 6 heteroatoms. The van der Waals surface area contributed by atoms with Gasteiger partial charge in [-0.1, -0.05) is 12.8 Å². The normalized spacial score (nSPS) is 18.7. The van der Waals surface area contributed by atoms with Gasteiger partial charge in [-0.05, 0) is 43.2 Å². The van der Waals surface area contributed by atoms with Crippen molar-refractivity contribution in [3.63, 3.8) is 0 Å². The van der Waals surface area contributed by atoms with Crippen molar-refractivity contribution in [2.75, 3.05) is 54.0 Å². The molecule has 26 heavy (non-hydrogen) atoms. The molecule has 2 aliphatic rings. The zero-order valence-corrected chi connectivity index (χ0v) is 15.1. The van der Waals surface area contributed by atoms with Crippen molar-refractivity contribution < 1.29 is 4.39 Å². The van der Waals surface area contributed by atoms with Gasteiger partial charge in [0.25, 0.3) is 0 Å². The molecule has 0 unspecified atom stereocenters. The van der Waals surface area contributed by atoms with E-state index in [1.54, 1.807) is 0 Å². The fraction of sp³-hybridized carbons (Fsp3) is 0.500. The Morgan fingerprint density at radius 3 is 2.04 bits per heavy atom. The van der Waals surface area contributed by atoms with Gasteiger partial charge >= 0.3 is 0 Å². The minimum atomic E-state index is -0.186. The van der Waals surface area contributed by atoms with Gasteiger partial charge in [0.2, 0.25) is 5.95 Å². The van der Waals surface area contributed by atoms with E-state index >= 15 is 0 Å². The fourth-order valence-electron chi connectivity index (χ4n) is 3.78. The Balaban J connectivity index is 1.41. The average molecular weight is 355 g/mol. The summed E-state index contributed by atoms with van der Waals surface area (Å²) in [4.78, 5) is 16.3. The zero-order valence-electron chi connectivity index (χ0n) is 15.1. The molecule has 0 saturated carbocycles. The van der Waals surface area contributed by atoms with E-state index in [0.717, 1.165) is 56.7 Å². The standard InChI is InChI=1S/C20H26FN5/c21-17-5-7-18(8-6-17)24-13-15-25(16-14-24)19-9-10-22-20(23-19)26-11-3-1-2-4-12-26/h5-10H,1-4,11-16H2. The maximum Gasteiger partial charge on any atom is 0.227 e. The Hall–Kier alpha value is -2.37. The summed E-state index contributed by atoms with van der Waals surface area (Å²) in [5.41, 5.74) is 1.08. The Labute approximate surface area is 154 Å². The molecule has 0 N–H and O–H groups in total. The molecule has 4 rings (SSSR count). The molecule has 1 aromatic carbocycles. The predicted molar refractivity (Wildman–Crippen MR) is 104 cm³/mol. The first-order valence-corrected chi connectivity index (χ1v) is 9.63. The molecule has 0 amide bonds. The quantitative estimate of drug-likeness (QED) is 0.844. The molecule has 3 heterocycles. The van der Waals surface area contributed by atoms with Crippen LogP contribution < -0.4 is 14.7 Å². The summed E-state index contributed by atoms with van der Waals surface area (Å²) in [5, 5.41) is 0. The number of benzene rings is 1. The van der Waals surface area contributed by atoms with E-state index in [-0.39, 0.29) is 5.82 Å². The third-order valence-electron chi connectivity index (χ3n) is 5.31. The second-order valence-corrected chi connectivity index (χ2v) is 7.07. The fourth-order valence-corrected chi connectivity index (χ4v) is 3.78. The number of rotatable bonds is 3. The van der Waals surface area contributed by atoms with Gasteiger partial charge in [0, 0.05) is 51.2 Å². The van der Waals surface area contributed by atoms with Gasteiger partial charge in [-0.3, -0.25) is 0 Å². The number of halogens is 1. The molecule has 2 fully saturated rings. The van der Waals surface area contributed by atoms with E-state index in [0.29, 0.717) is 0 Å². The third-order valence-corrected chi connectivity index (χ3v) is 5.31. The van der Waals surface area contributed by atoms with Crippen molar-refractivity contribution in [2.45, 2.75) is 25.7 Å². The highest BCUT2D eigenvalue weighted by atomic mass is 19.1. The van der Waals surface area contributed by atoms with Crippen LogP contribution in [0.1, 0.15) is 25.7 Å². The second-order valence-electron chi connectivity index (χ2n) is 7.07. The number of hydrogen-bond acceptors (Lipinski definition) is 5. The van der Waals surface area contributed by atoms with Crippen LogP contribution in [0.3, 0.4) is 0 Å². The lowest BCUT2D eigenvalue weighted by Gasteiger charge is -2.37. The molecule has 2 aromatic rings. The van der Waals surface area contributed by atoms with E-state index in [4.69, 9.17) is 4.98 Å². The summed E-state index contributed by atoms with van der Waals surface area (Å²) in [6, 6.07) is 8.77. The summed E-state index contributed by atoms with van der Waals surface area (Å²) in [7, 11) is 0. The molecule has 1 aromatic heterocycles. The van der Waals surface area contributed by atoms with Gasteiger partial charge in [-0.2, -0.15) is 4.98 Å². The topological polar surface area (TPSA) is 35.5 Å². The molecule has 0 aliphatic carbocycles. The van der Waals surface area contributed by atoms with E-state index in [9.17, 15) is 4.39 Å². The number of anilines is 3. The molecule has 138 valence electrons. The Morgan fingerprint density at radius 1 is 0.692 bits per heavy atom. The summed E-state index contributed by atoms with van der Waals surface area (Å²) >= 11 is 0. The summed E-state index contributed by atoms with van der Waals surface area (Å²) in [6.45, 7) is 5.76. The van der Waals surface area contributed by atoms with Gasteiger partial charge < -0.3 is 14.7 Å². The molecule has 2 aliphatic heterocycles. The van der Waals surface area contributed by atoms with Crippen LogP contribution in [0.4, 0.5) is 21.8 Å². The highest BCUT2D eigenvalue weighted by Gasteiger charge is 2.20. The molecule has 0 spiro atoms. The number of hydrogen-bond donors (Lipinski definition) is 0. The Kier molecular flexibility index (Phi) is 5.18. The van der Waals surface area contributed by atoms with Crippen molar-refractivity contribution in [2.24, 2.45) is 0 Å². The molecule has 5 nitrogen and oxygen atoms in total. The maximum absolute atomic E-state index is 13.1. The van der Waals surface area contributed by atoms with Crippen LogP contribution in [0, 0.1) is 5.82 Å². The first-order valence-electron chi connectivity index (χ1n) is 9.63. The van der Waals surface area contributed by atoms with Crippen LogP contribution in [0.25, 0.3) is 0 Å². The molecule has 2 saturated heterocycles. The van der Waals surface area contributed by atoms with Gasteiger partial charge in [0.15, 0.2) is 0 Å². The highest BCUT2D eigenvalue weighted by molar-refractivity contribution is 5.50. The molecule has 0 atom stereocenters. The highest BCUT2D eigenvalue weighted by Crippen LogP contribution is 2.22. The summed E-state index contributed by atoms with van der Waals surface area (Å²) < 4.78 is 13.1. The molecule has 0 bridgehead atoms. The van der Waals surface area contributed by atoms with Crippen LogP contribution in [-0.2, 0) is 0 Å². The lowest BCUT2D eigenvalue weighted by Crippen LogP contribution is -2.47. The van der Waals surface area contributed by atoms with Crippen molar-refractivity contribution in [3.8, 4) is 0 Å². The van der Waals surface area contributed by atoms with Gasteiger partial charge in [-0.25, -0.2) is 9.37 Å². The van der Waals surface area contributed by atoms with Crippen molar-refractivity contribution >= 4 is 17.5 Å². The van der Waals surface area contributed by atoms with Crippen molar-refractivity contribution in [1.82, 2.24) is 9.97 Å². The number of piperazine rings is 1. The lowest BCUT2D eigenvalue weighted by molar-refractivity contribution is 0.624. The Bertz CT molecular complexity index is 704. The molecule has 0 radical (unpaired) electrons. The second kappa shape index (κ2) is 7.89.